The van der Waals surface area contributed by atoms with Crippen molar-refractivity contribution >= 4 is 11.7 Å². The van der Waals surface area contributed by atoms with Crippen molar-refractivity contribution in [2.24, 2.45) is 0 Å². The second-order valence-electron chi connectivity index (χ2n) is 2.48. The van der Waals surface area contributed by atoms with Gasteiger partial charge in [-0.25, -0.2) is 0 Å². The van der Waals surface area contributed by atoms with Gasteiger partial charge in [-0.3, -0.25) is 0 Å². The maximum atomic E-state index is 9.62. The van der Waals surface area contributed by atoms with Gasteiger partial charge >= 0.3 is 0 Å². The van der Waals surface area contributed by atoms with Gasteiger partial charge in [0.2, 0.25) is 0 Å². The monoisotopic (exact) mass is 184 g/mol. The molecule has 0 saturated heterocycles. The van der Waals surface area contributed by atoms with E-state index in [1.165, 1.54) is 0 Å². The van der Waals surface area contributed by atoms with Gasteiger partial charge in [0.1, 0.15) is 11.5 Å². The van der Waals surface area contributed by atoms with Crippen LogP contribution in [-0.4, -0.2) is 20.5 Å². The number of aliphatic hydroxyl groups is 1. The largest absolute Gasteiger partial charge is 0.495 e. The molecule has 5 heteroatoms. The van der Waals surface area contributed by atoms with E-state index in [1.807, 2.05) is 6.08 Å². The molecule has 0 aliphatic carbocycles. The van der Waals surface area contributed by atoms with Crippen molar-refractivity contribution in [3.05, 3.63) is 23.7 Å². The van der Waals surface area contributed by atoms with E-state index in [1.54, 1.807) is 6.20 Å². The van der Waals surface area contributed by atoms with E-state index in [2.05, 4.69) is 8.75 Å². The molecule has 12 heavy (non-hydrogen) atoms. The van der Waals surface area contributed by atoms with Crippen LogP contribution in [0.25, 0.3) is 0 Å². The molecular weight excluding hydrogens is 176 g/mol. The van der Waals surface area contributed by atoms with Gasteiger partial charge in [0.15, 0.2) is 6.10 Å². The van der Waals surface area contributed by atoms with E-state index in [0.29, 0.717) is 18.1 Å². The van der Waals surface area contributed by atoms with Gasteiger partial charge in [0, 0.05) is 6.42 Å². The summed E-state index contributed by atoms with van der Waals surface area (Å²) in [6, 6.07) is 0. The highest BCUT2D eigenvalue weighted by Crippen LogP contribution is 2.24. The predicted molar refractivity (Wildman–Crippen MR) is 43.5 cm³/mol. The van der Waals surface area contributed by atoms with Crippen LogP contribution in [0.1, 0.15) is 18.2 Å². The molecule has 0 bridgehead atoms. The molecule has 1 aromatic rings. The molecule has 1 N–H and O–H groups in total. The van der Waals surface area contributed by atoms with Crippen LogP contribution in [0, 0.1) is 0 Å². The molecule has 2 heterocycles. The number of hydrogen-bond donors (Lipinski definition) is 1. The fraction of sp³-hybridized carbons (Fsp3) is 0.429. The van der Waals surface area contributed by atoms with Crippen LogP contribution in [0.3, 0.4) is 0 Å². The van der Waals surface area contributed by atoms with Crippen molar-refractivity contribution < 1.29 is 9.84 Å². The van der Waals surface area contributed by atoms with Crippen LogP contribution in [0.5, 0.6) is 0 Å². The van der Waals surface area contributed by atoms with Gasteiger partial charge in [-0.2, -0.15) is 8.75 Å². The first-order valence-corrected chi connectivity index (χ1v) is 4.39. The Balaban J connectivity index is 2.14. The number of rotatable bonds is 2. The zero-order chi connectivity index (χ0) is 8.39. The third-order valence-electron chi connectivity index (χ3n) is 1.66. The molecule has 4 nitrogen and oxygen atoms in total. The summed E-state index contributed by atoms with van der Waals surface area (Å²) in [7, 11) is 0. The topological polar surface area (TPSA) is 55.2 Å². The van der Waals surface area contributed by atoms with Crippen LogP contribution in [0.2, 0.25) is 0 Å². The molecule has 0 spiro atoms. The SMILES string of the molecule is OC(C1=CCCO1)c1cnsn1. The lowest BCUT2D eigenvalue weighted by Crippen LogP contribution is -2.02. The molecule has 1 aliphatic rings. The highest BCUT2D eigenvalue weighted by atomic mass is 32.1. The Hall–Kier alpha value is -0.940. The van der Waals surface area contributed by atoms with E-state index in [0.717, 1.165) is 18.1 Å². The van der Waals surface area contributed by atoms with Crippen LogP contribution in [0.15, 0.2) is 18.0 Å². The Morgan fingerprint density at radius 3 is 3.17 bits per heavy atom. The Bertz CT molecular complexity index is 284. The molecular formula is C7H8N2O2S. The Kier molecular flexibility index (Phi) is 2.05. The molecule has 0 amide bonds. The predicted octanol–water partition coefficient (Wildman–Crippen LogP) is 0.876. The average Bonchev–Trinajstić information content (AvgIpc) is 2.77. The van der Waals surface area contributed by atoms with Gasteiger partial charge < -0.3 is 9.84 Å². The molecule has 64 valence electrons. The highest BCUT2D eigenvalue weighted by molar-refractivity contribution is 6.99. The van der Waals surface area contributed by atoms with Crippen molar-refractivity contribution in [3.8, 4) is 0 Å². The van der Waals surface area contributed by atoms with E-state index >= 15 is 0 Å². The van der Waals surface area contributed by atoms with Crippen LogP contribution in [-0.2, 0) is 4.74 Å². The zero-order valence-electron chi connectivity index (χ0n) is 6.30. The third-order valence-corrected chi connectivity index (χ3v) is 2.15. The minimum Gasteiger partial charge on any atom is -0.495 e. The Morgan fingerprint density at radius 1 is 1.67 bits per heavy atom. The molecule has 0 saturated carbocycles. The first kappa shape index (κ1) is 7.70. The van der Waals surface area contributed by atoms with E-state index in [4.69, 9.17) is 4.74 Å². The lowest BCUT2D eigenvalue weighted by atomic mass is 10.2. The van der Waals surface area contributed by atoms with Gasteiger partial charge in [0.25, 0.3) is 0 Å². The Morgan fingerprint density at radius 2 is 2.58 bits per heavy atom. The summed E-state index contributed by atoms with van der Waals surface area (Å²) >= 11 is 1.08. The molecule has 0 aromatic carbocycles. The van der Waals surface area contributed by atoms with Gasteiger partial charge in [-0.15, -0.1) is 0 Å². The van der Waals surface area contributed by atoms with E-state index in [9.17, 15) is 5.11 Å². The quantitative estimate of drug-likeness (QED) is 0.741. The molecule has 1 aromatic heterocycles. The average molecular weight is 184 g/mol. The lowest BCUT2D eigenvalue weighted by Gasteiger charge is -2.07. The first-order valence-electron chi connectivity index (χ1n) is 3.66. The number of ether oxygens (including phenoxy) is 1. The third kappa shape index (κ3) is 1.33. The summed E-state index contributed by atoms with van der Waals surface area (Å²) in [6.07, 6.45) is 3.57. The molecule has 1 unspecified atom stereocenters. The second-order valence-corrected chi connectivity index (χ2v) is 3.04. The van der Waals surface area contributed by atoms with Crippen molar-refractivity contribution in [2.75, 3.05) is 6.61 Å². The summed E-state index contributed by atoms with van der Waals surface area (Å²) in [5.74, 6) is 0.600. The standard InChI is InChI=1S/C7H8N2O2S/c10-7(5-4-8-12-9-5)6-2-1-3-11-6/h2,4,7,10H,1,3H2. The normalized spacial score (nSPS) is 18.6. The fourth-order valence-corrected chi connectivity index (χ4v) is 1.51. The van der Waals surface area contributed by atoms with Crippen molar-refractivity contribution in [2.45, 2.75) is 12.5 Å². The van der Waals surface area contributed by atoms with Gasteiger partial charge in [0.05, 0.1) is 24.5 Å². The smallest absolute Gasteiger partial charge is 0.155 e. The minimum atomic E-state index is -0.730. The lowest BCUT2D eigenvalue weighted by molar-refractivity contribution is 0.116. The maximum absolute atomic E-state index is 9.62. The zero-order valence-corrected chi connectivity index (χ0v) is 7.12. The molecule has 1 atom stereocenters. The highest BCUT2D eigenvalue weighted by Gasteiger charge is 2.19. The summed E-state index contributed by atoms with van der Waals surface area (Å²) < 4.78 is 12.9. The van der Waals surface area contributed by atoms with Crippen molar-refractivity contribution in [1.29, 1.82) is 0 Å². The van der Waals surface area contributed by atoms with Crippen molar-refractivity contribution in [3.63, 3.8) is 0 Å². The number of aromatic nitrogens is 2. The fourth-order valence-electron chi connectivity index (χ4n) is 1.07. The summed E-state index contributed by atoms with van der Waals surface area (Å²) in [4.78, 5) is 0. The van der Waals surface area contributed by atoms with Gasteiger partial charge in [-0.05, 0) is 6.08 Å². The van der Waals surface area contributed by atoms with Crippen LogP contribution in [0.4, 0.5) is 0 Å². The number of aliphatic hydroxyl groups excluding tert-OH is 1. The second kappa shape index (κ2) is 3.20. The van der Waals surface area contributed by atoms with Crippen LogP contribution >= 0.6 is 11.7 Å². The maximum Gasteiger partial charge on any atom is 0.155 e. The molecule has 1 aliphatic heterocycles. The van der Waals surface area contributed by atoms with Crippen molar-refractivity contribution in [1.82, 2.24) is 8.75 Å². The number of nitrogens with zero attached hydrogens (tertiary/aromatic N) is 2. The summed E-state index contributed by atoms with van der Waals surface area (Å²) in [5.41, 5.74) is 0.563. The molecule has 0 radical (unpaired) electrons. The van der Waals surface area contributed by atoms with E-state index < -0.39 is 6.10 Å². The first-order chi connectivity index (χ1) is 5.88. The Labute approximate surface area is 73.8 Å². The van der Waals surface area contributed by atoms with Gasteiger partial charge in [-0.1, -0.05) is 0 Å². The molecule has 0 fully saturated rings. The van der Waals surface area contributed by atoms with Crippen LogP contribution < -0.4 is 0 Å². The number of hydrogen-bond acceptors (Lipinski definition) is 5. The summed E-state index contributed by atoms with van der Waals surface area (Å²) in [6.45, 7) is 0.657. The molecule has 2 rings (SSSR count). The minimum absolute atomic E-state index is 0.563. The summed E-state index contributed by atoms with van der Waals surface area (Å²) in [5, 5.41) is 9.62. The van der Waals surface area contributed by atoms with E-state index in [-0.39, 0.29) is 0 Å².